The van der Waals surface area contributed by atoms with Gasteiger partial charge < -0.3 is 15.0 Å². The van der Waals surface area contributed by atoms with Crippen molar-refractivity contribution in [2.24, 2.45) is 0 Å². The Morgan fingerprint density at radius 2 is 2.33 bits per heavy atom. The van der Waals surface area contributed by atoms with Gasteiger partial charge in [0.2, 0.25) is 0 Å². The largest absolute Gasteiger partial charge is 0.379 e. The van der Waals surface area contributed by atoms with Gasteiger partial charge in [-0.2, -0.15) is 0 Å². The predicted octanol–water partition coefficient (Wildman–Crippen LogP) is 3.03. The fraction of sp³-hybridized carbons (Fsp3) is 0.600. The fourth-order valence-electron chi connectivity index (χ4n) is 2.63. The van der Waals surface area contributed by atoms with Gasteiger partial charge in [0.25, 0.3) is 0 Å². The molecule has 1 aromatic rings. The molecule has 0 spiro atoms. The number of benzene rings is 1. The Labute approximate surface area is 125 Å². The quantitative estimate of drug-likeness (QED) is 0.618. The van der Waals surface area contributed by atoms with Crippen LogP contribution in [0, 0.1) is 10.1 Å². The van der Waals surface area contributed by atoms with Crippen LogP contribution in [0.15, 0.2) is 18.2 Å². The average molecular weight is 293 g/mol. The van der Waals surface area contributed by atoms with E-state index in [1.807, 2.05) is 24.9 Å². The summed E-state index contributed by atoms with van der Waals surface area (Å²) >= 11 is 0. The maximum absolute atomic E-state index is 11.5. The number of nitrogens with one attached hydrogen (secondary N) is 1. The third-order valence-corrected chi connectivity index (χ3v) is 3.68. The Bertz CT molecular complexity index is 487. The Morgan fingerprint density at radius 1 is 1.52 bits per heavy atom. The second-order valence-corrected chi connectivity index (χ2v) is 5.37. The summed E-state index contributed by atoms with van der Waals surface area (Å²) in [6.45, 7) is 4.22. The number of hydrogen-bond acceptors (Lipinski definition) is 5. The van der Waals surface area contributed by atoms with E-state index >= 15 is 0 Å². The van der Waals surface area contributed by atoms with Crippen LogP contribution >= 0.6 is 0 Å². The maximum atomic E-state index is 11.5. The van der Waals surface area contributed by atoms with Gasteiger partial charge in [-0.3, -0.25) is 10.1 Å². The van der Waals surface area contributed by atoms with Gasteiger partial charge in [0.05, 0.1) is 11.0 Å². The number of ether oxygens (including phenoxy) is 1. The first-order valence-electron chi connectivity index (χ1n) is 7.47. The maximum Gasteiger partial charge on any atom is 0.315 e. The molecule has 1 aliphatic rings. The average Bonchev–Trinajstić information content (AvgIpc) is 2.97. The lowest BCUT2D eigenvalue weighted by atomic mass is 10.2. The summed E-state index contributed by atoms with van der Waals surface area (Å²) in [5.74, 6) is 0. The molecule has 0 radical (unpaired) electrons. The molecule has 0 amide bonds. The molecule has 0 saturated carbocycles. The summed E-state index contributed by atoms with van der Waals surface area (Å²) in [5, 5.41) is 14.6. The highest BCUT2D eigenvalue weighted by Crippen LogP contribution is 2.35. The van der Waals surface area contributed by atoms with Gasteiger partial charge in [-0.25, -0.2) is 0 Å². The van der Waals surface area contributed by atoms with Crippen LogP contribution < -0.4 is 10.2 Å². The molecule has 1 aromatic carbocycles. The molecule has 6 heteroatoms. The molecule has 1 heterocycles. The minimum atomic E-state index is -0.306. The molecule has 1 N–H and O–H groups in total. The van der Waals surface area contributed by atoms with E-state index in [0.29, 0.717) is 17.9 Å². The summed E-state index contributed by atoms with van der Waals surface area (Å²) in [6.07, 6.45) is 3.18. The van der Waals surface area contributed by atoms with Crippen molar-refractivity contribution in [1.29, 1.82) is 0 Å². The lowest BCUT2D eigenvalue weighted by Crippen LogP contribution is -2.29. The van der Waals surface area contributed by atoms with Crippen LogP contribution in [0.25, 0.3) is 0 Å². The van der Waals surface area contributed by atoms with Gasteiger partial charge in [-0.15, -0.1) is 0 Å². The molecule has 1 unspecified atom stereocenters. The Morgan fingerprint density at radius 3 is 2.95 bits per heavy atom. The van der Waals surface area contributed by atoms with E-state index in [0.717, 1.165) is 32.4 Å². The molecule has 1 atom stereocenters. The van der Waals surface area contributed by atoms with E-state index in [1.54, 1.807) is 12.1 Å². The highest BCUT2D eigenvalue weighted by molar-refractivity contribution is 5.76. The highest BCUT2D eigenvalue weighted by Gasteiger charge is 2.25. The van der Waals surface area contributed by atoms with E-state index in [9.17, 15) is 10.1 Å². The number of para-hydroxylation sites is 1. The van der Waals surface area contributed by atoms with Gasteiger partial charge >= 0.3 is 5.69 Å². The molecule has 0 aliphatic carbocycles. The minimum Gasteiger partial charge on any atom is -0.379 e. The van der Waals surface area contributed by atoms with Crippen LogP contribution in [0.4, 0.5) is 17.1 Å². The van der Waals surface area contributed by atoms with Crippen molar-refractivity contribution in [2.75, 3.05) is 37.0 Å². The first-order valence-corrected chi connectivity index (χ1v) is 7.47. The van der Waals surface area contributed by atoms with Crippen molar-refractivity contribution in [3.8, 4) is 0 Å². The number of likely N-dealkylation sites (N-methyl/N-ethyl adjacent to an activating group) is 1. The SMILES string of the molecule is CCCNc1cccc(N(C)CC2CCCO2)c1[N+](=O)[O-]. The number of nitrogens with zero attached hydrogens (tertiary/aromatic N) is 2. The number of hydrogen-bond donors (Lipinski definition) is 1. The van der Waals surface area contributed by atoms with Crippen molar-refractivity contribution in [2.45, 2.75) is 32.3 Å². The Kier molecular flexibility index (Phi) is 5.38. The first kappa shape index (κ1) is 15.6. The molecule has 0 bridgehead atoms. The minimum absolute atomic E-state index is 0.145. The lowest BCUT2D eigenvalue weighted by Gasteiger charge is -2.23. The monoisotopic (exact) mass is 293 g/mol. The summed E-state index contributed by atoms with van der Waals surface area (Å²) in [5.41, 5.74) is 1.36. The Hall–Kier alpha value is -1.82. The van der Waals surface area contributed by atoms with E-state index in [4.69, 9.17) is 4.74 Å². The van der Waals surface area contributed by atoms with Crippen LogP contribution in [0.1, 0.15) is 26.2 Å². The van der Waals surface area contributed by atoms with Crippen LogP contribution in [0.5, 0.6) is 0 Å². The molecule has 0 aromatic heterocycles. The number of nitro benzene ring substituents is 1. The van der Waals surface area contributed by atoms with E-state index < -0.39 is 0 Å². The van der Waals surface area contributed by atoms with E-state index in [1.165, 1.54) is 0 Å². The normalized spacial score (nSPS) is 17.7. The van der Waals surface area contributed by atoms with Gasteiger partial charge in [0.15, 0.2) is 0 Å². The van der Waals surface area contributed by atoms with Crippen molar-refractivity contribution in [3.05, 3.63) is 28.3 Å². The van der Waals surface area contributed by atoms with Crippen LogP contribution in [-0.4, -0.2) is 37.8 Å². The summed E-state index contributed by atoms with van der Waals surface area (Å²) in [7, 11) is 1.88. The third kappa shape index (κ3) is 3.85. The van der Waals surface area contributed by atoms with Gasteiger partial charge in [-0.05, 0) is 31.4 Å². The second-order valence-electron chi connectivity index (χ2n) is 5.37. The lowest BCUT2D eigenvalue weighted by molar-refractivity contribution is -0.383. The number of nitro groups is 1. The van der Waals surface area contributed by atoms with Crippen molar-refractivity contribution >= 4 is 17.1 Å². The topological polar surface area (TPSA) is 67.6 Å². The van der Waals surface area contributed by atoms with Crippen molar-refractivity contribution < 1.29 is 9.66 Å². The zero-order chi connectivity index (χ0) is 15.2. The molecule has 1 aliphatic heterocycles. The van der Waals surface area contributed by atoms with Crippen LogP contribution in [0.2, 0.25) is 0 Å². The standard InChI is InChI=1S/C15H23N3O3/c1-3-9-16-13-7-4-8-14(15(13)18(19)20)17(2)11-12-6-5-10-21-12/h4,7-8,12,16H,3,5-6,9-11H2,1-2H3. The van der Waals surface area contributed by atoms with Gasteiger partial charge in [0.1, 0.15) is 11.4 Å². The predicted molar refractivity (Wildman–Crippen MR) is 84.1 cm³/mol. The Balaban J connectivity index is 2.21. The van der Waals surface area contributed by atoms with Crippen molar-refractivity contribution in [1.82, 2.24) is 0 Å². The second kappa shape index (κ2) is 7.26. The van der Waals surface area contributed by atoms with Crippen LogP contribution in [0.3, 0.4) is 0 Å². The zero-order valence-corrected chi connectivity index (χ0v) is 12.7. The highest BCUT2D eigenvalue weighted by atomic mass is 16.6. The summed E-state index contributed by atoms with van der Waals surface area (Å²) in [4.78, 5) is 13.1. The molecule has 2 rings (SSSR count). The molecule has 6 nitrogen and oxygen atoms in total. The number of rotatable bonds is 7. The van der Waals surface area contributed by atoms with Gasteiger partial charge in [0, 0.05) is 26.7 Å². The molecule has 116 valence electrons. The van der Waals surface area contributed by atoms with E-state index in [-0.39, 0.29) is 16.7 Å². The number of anilines is 2. The molecule has 1 fully saturated rings. The first-order chi connectivity index (χ1) is 10.1. The molecule has 21 heavy (non-hydrogen) atoms. The summed E-state index contributed by atoms with van der Waals surface area (Å²) in [6, 6.07) is 5.41. The molecular formula is C15H23N3O3. The van der Waals surface area contributed by atoms with Crippen LogP contribution in [-0.2, 0) is 4.74 Å². The summed E-state index contributed by atoms with van der Waals surface area (Å²) < 4.78 is 5.61. The molecule has 1 saturated heterocycles. The zero-order valence-electron chi connectivity index (χ0n) is 12.7. The smallest absolute Gasteiger partial charge is 0.315 e. The molecular weight excluding hydrogens is 270 g/mol. The third-order valence-electron chi connectivity index (χ3n) is 3.68. The van der Waals surface area contributed by atoms with Crippen molar-refractivity contribution in [3.63, 3.8) is 0 Å². The van der Waals surface area contributed by atoms with Gasteiger partial charge in [-0.1, -0.05) is 13.0 Å². The fourth-order valence-corrected chi connectivity index (χ4v) is 2.63. The van der Waals surface area contributed by atoms with E-state index in [2.05, 4.69) is 5.32 Å².